The van der Waals surface area contributed by atoms with Crippen molar-refractivity contribution in [1.82, 2.24) is 15.6 Å². The maximum absolute atomic E-state index is 13.5. The number of methoxy groups -OCH3 is 1. The summed E-state index contributed by atoms with van der Waals surface area (Å²) in [7, 11) is 1.24. The molecule has 0 spiro atoms. The van der Waals surface area contributed by atoms with E-state index in [4.69, 9.17) is 9.47 Å². The fourth-order valence-electron chi connectivity index (χ4n) is 4.11. The number of esters is 1. The number of rotatable bonds is 10. The molecule has 2 atom stereocenters. The number of hydrogen-bond acceptors (Lipinski definition) is 6. The number of hydrogen-bond donors (Lipinski definition) is 4. The van der Waals surface area contributed by atoms with Crippen molar-refractivity contribution in [2.24, 2.45) is 0 Å². The molecule has 2 amide bonds. The summed E-state index contributed by atoms with van der Waals surface area (Å²) in [6, 6.07) is 21.1. The number of ether oxygens (including phenoxy) is 2. The van der Waals surface area contributed by atoms with Gasteiger partial charge in [-0.2, -0.15) is 0 Å². The monoisotopic (exact) mass is 515 g/mol. The van der Waals surface area contributed by atoms with Crippen LogP contribution in [0, 0.1) is 0 Å². The number of H-pyrrole nitrogens is 1. The lowest BCUT2D eigenvalue weighted by Crippen LogP contribution is -2.53. The van der Waals surface area contributed by atoms with Crippen molar-refractivity contribution in [3.05, 3.63) is 102 Å². The first-order valence-corrected chi connectivity index (χ1v) is 12.1. The molecule has 3 aromatic carbocycles. The average molecular weight is 516 g/mol. The highest BCUT2D eigenvalue weighted by Gasteiger charge is 2.29. The van der Waals surface area contributed by atoms with E-state index in [0.717, 1.165) is 22.0 Å². The highest BCUT2D eigenvalue weighted by Crippen LogP contribution is 2.20. The van der Waals surface area contributed by atoms with Crippen LogP contribution in [0.2, 0.25) is 0 Å². The number of aromatic hydroxyl groups is 1. The number of fused-ring (bicyclic) bond motifs is 1. The molecule has 9 heteroatoms. The fraction of sp³-hybridized carbons (Fsp3) is 0.207. The van der Waals surface area contributed by atoms with Crippen LogP contribution in [0.25, 0.3) is 10.9 Å². The van der Waals surface area contributed by atoms with Crippen LogP contribution in [-0.4, -0.2) is 47.3 Å². The van der Waals surface area contributed by atoms with E-state index >= 15 is 0 Å². The lowest BCUT2D eigenvalue weighted by molar-refractivity contribution is -0.145. The Balaban J connectivity index is 1.51. The maximum atomic E-state index is 13.5. The van der Waals surface area contributed by atoms with Gasteiger partial charge in [0.25, 0.3) is 0 Å². The number of nitrogens with one attached hydrogen (secondary N) is 3. The molecule has 0 bridgehead atoms. The molecule has 4 aromatic rings. The quantitative estimate of drug-likeness (QED) is 0.239. The second kappa shape index (κ2) is 12.4. The normalized spacial score (nSPS) is 12.3. The molecule has 196 valence electrons. The topological polar surface area (TPSA) is 130 Å². The molecule has 1 heterocycles. The van der Waals surface area contributed by atoms with Crippen LogP contribution in [0.4, 0.5) is 4.79 Å². The summed E-state index contributed by atoms with van der Waals surface area (Å²) in [5.74, 6) is -1.12. The zero-order valence-corrected chi connectivity index (χ0v) is 20.8. The second-order valence-electron chi connectivity index (χ2n) is 8.78. The van der Waals surface area contributed by atoms with Gasteiger partial charge in [-0.1, -0.05) is 60.7 Å². The first-order chi connectivity index (χ1) is 18.4. The van der Waals surface area contributed by atoms with Crippen molar-refractivity contribution in [1.29, 1.82) is 0 Å². The van der Waals surface area contributed by atoms with Crippen LogP contribution < -0.4 is 10.6 Å². The molecule has 38 heavy (non-hydrogen) atoms. The molecule has 0 aliphatic carbocycles. The summed E-state index contributed by atoms with van der Waals surface area (Å²) < 4.78 is 10.2. The van der Waals surface area contributed by atoms with Crippen molar-refractivity contribution >= 4 is 28.9 Å². The molecule has 4 N–H and O–H groups in total. The van der Waals surface area contributed by atoms with E-state index in [2.05, 4.69) is 15.6 Å². The van der Waals surface area contributed by atoms with Gasteiger partial charge in [0.2, 0.25) is 5.91 Å². The van der Waals surface area contributed by atoms with Crippen LogP contribution in [0.15, 0.2) is 85.1 Å². The van der Waals surface area contributed by atoms with Gasteiger partial charge in [0.05, 0.1) is 7.11 Å². The minimum absolute atomic E-state index is 0.0414. The molecule has 9 nitrogen and oxygen atoms in total. The molecule has 4 rings (SSSR count). The third kappa shape index (κ3) is 6.91. The summed E-state index contributed by atoms with van der Waals surface area (Å²) >= 11 is 0. The van der Waals surface area contributed by atoms with Gasteiger partial charge >= 0.3 is 12.1 Å². The largest absolute Gasteiger partial charge is 0.508 e. The van der Waals surface area contributed by atoms with Gasteiger partial charge in [0.15, 0.2) is 0 Å². The molecule has 0 aliphatic rings. The number of alkyl carbamates (subject to hydrolysis) is 1. The first kappa shape index (κ1) is 26.3. The van der Waals surface area contributed by atoms with Gasteiger partial charge in [-0.25, -0.2) is 9.59 Å². The number of para-hydroxylation sites is 1. The van der Waals surface area contributed by atoms with E-state index in [1.54, 1.807) is 18.3 Å². The number of aromatic amines is 1. The Morgan fingerprint density at radius 1 is 0.842 bits per heavy atom. The van der Waals surface area contributed by atoms with Crippen molar-refractivity contribution in [3.63, 3.8) is 0 Å². The number of carbonyl (C=O) groups is 3. The summed E-state index contributed by atoms with van der Waals surface area (Å²) in [6.45, 7) is 0.0414. The van der Waals surface area contributed by atoms with Gasteiger partial charge in [-0.15, -0.1) is 0 Å². The SMILES string of the molecule is COC(=O)[C@H](Cc1ccc(O)cc1)NC(=O)[C@@H](Cc1c[nH]c2ccccc12)NC(=O)OCc1ccccc1. The van der Waals surface area contributed by atoms with E-state index in [-0.39, 0.29) is 25.2 Å². The Kier molecular flexibility index (Phi) is 8.61. The summed E-state index contributed by atoms with van der Waals surface area (Å²) in [5, 5.41) is 15.8. The number of benzene rings is 3. The van der Waals surface area contributed by atoms with Crippen molar-refractivity contribution in [2.45, 2.75) is 31.5 Å². The van der Waals surface area contributed by atoms with Gasteiger partial charge in [-0.05, 0) is 34.9 Å². The predicted octanol–water partition coefficient (Wildman–Crippen LogP) is 3.61. The van der Waals surface area contributed by atoms with Crippen LogP contribution in [0.1, 0.15) is 16.7 Å². The van der Waals surface area contributed by atoms with Gasteiger partial charge < -0.3 is 30.2 Å². The van der Waals surface area contributed by atoms with E-state index in [1.165, 1.54) is 19.2 Å². The minimum atomic E-state index is -1.04. The van der Waals surface area contributed by atoms with Crippen LogP contribution in [0.3, 0.4) is 0 Å². The average Bonchev–Trinajstić information content (AvgIpc) is 3.35. The van der Waals surface area contributed by atoms with Gasteiger partial charge in [-0.3, -0.25) is 4.79 Å². The lowest BCUT2D eigenvalue weighted by atomic mass is 10.0. The number of aromatic nitrogens is 1. The fourth-order valence-corrected chi connectivity index (χ4v) is 4.11. The number of phenols is 1. The Morgan fingerprint density at radius 3 is 2.29 bits per heavy atom. The van der Waals surface area contributed by atoms with Gasteiger partial charge in [0.1, 0.15) is 24.4 Å². The third-order valence-corrected chi connectivity index (χ3v) is 6.10. The van der Waals surface area contributed by atoms with E-state index in [1.807, 2.05) is 54.6 Å². The van der Waals surface area contributed by atoms with Crippen molar-refractivity contribution in [3.8, 4) is 5.75 Å². The van der Waals surface area contributed by atoms with Crippen LogP contribution in [0.5, 0.6) is 5.75 Å². The molecular weight excluding hydrogens is 486 g/mol. The molecule has 0 fully saturated rings. The predicted molar refractivity (Wildman–Crippen MR) is 141 cm³/mol. The number of carbonyl (C=O) groups excluding carboxylic acids is 3. The molecule has 0 aliphatic heterocycles. The van der Waals surface area contributed by atoms with E-state index < -0.39 is 30.1 Å². The molecule has 0 unspecified atom stereocenters. The molecule has 1 aromatic heterocycles. The van der Waals surface area contributed by atoms with Crippen LogP contribution in [-0.2, 0) is 38.5 Å². The Hall–Kier alpha value is -4.79. The van der Waals surface area contributed by atoms with Crippen molar-refractivity contribution < 1.29 is 29.0 Å². The highest BCUT2D eigenvalue weighted by atomic mass is 16.5. The zero-order valence-electron chi connectivity index (χ0n) is 20.8. The molecule has 0 saturated carbocycles. The standard InChI is InChI=1S/C29H29N3O6/c1-37-28(35)26(15-19-11-13-22(33)14-12-19)31-27(34)25(16-21-17-30-24-10-6-5-9-23(21)24)32-29(36)38-18-20-7-3-2-4-8-20/h2-14,17,25-26,30,33H,15-16,18H2,1H3,(H,31,34)(H,32,36)/t25-,26+/m1/s1. The number of phenolic OH excluding ortho intramolecular Hbond substituents is 1. The van der Waals surface area contributed by atoms with Gasteiger partial charge in [0, 0.05) is 29.9 Å². The summed E-state index contributed by atoms with van der Waals surface area (Å²) in [6.07, 6.45) is 1.32. The molecular formula is C29H29N3O6. The zero-order chi connectivity index (χ0) is 26.9. The Bertz CT molecular complexity index is 1380. The van der Waals surface area contributed by atoms with Crippen molar-refractivity contribution in [2.75, 3.05) is 7.11 Å². The second-order valence-corrected chi connectivity index (χ2v) is 8.78. The highest BCUT2D eigenvalue weighted by molar-refractivity contribution is 5.91. The van der Waals surface area contributed by atoms with E-state index in [0.29, 0.717) is 5.56 Å². The minimum Gasteiger partial charge on any atom is -0.508 e. The summed E-state index contributed by atoms with van der Waals surface area (Å²) in [4.78, 5) is 41.8. The molecule has 0 radical (unpaired) electrons. The van der Waals surface area contributed by atoms with Crippen LogP contribution >= 0.6 is 0 Å². The first-order valence-electron chi connectivity index (χ1n) is 12.1. The van der Waals surface area contributed by atoms with E-state index in [9.17, 15) is 19.5 Å². The molecule has 0 saturated heterocycles. The Labute approximate surface area is 219 Å². The third-order valence-electron chi connectivity index (χ3n) is 6.10. The Morgan fingerprint density at radius 2 is 1.55 bits per heavy atom. The smallest absolute Gasteiger partial charge is 0.408 e. The summed E-state index contributed by atoms with van der Waals surface area (Å²) in [5.41, 5.74) is 3.23. The lowest BCUT2D eigenvalue weighted by Gasteiger charge is -2.22. The number of amides is 2. The maximum Gasteiger partial charge on any atom is 0.408 e.